The molecule has 5 N–H and O–H groups in total. The molecule has 0 atom stereocenters. The molecule has 2 heterocycles. The first kappa shape index (κ1) is 17.6. The summed E-state index contributed by atoms with van der Waals surface area (Å²) in [5.74, 6) is 0.874. The summed E-state index contributed by atoms with van der Waals surface area (Å²) in [6.45, 7) is 4.27. The summed E-state index contributed by atoms with van der Waals surface area (Å²) in [4.78, 5) is 8.65. The number of anilines is 1. The van der Waals surface area contributed by atoms with Gasteiger partial charge in [0.25, 0.3) is 0 Å². The number of fused-ring (bicyclic) bond motifs is 1. The zero-order chi connectivity index (χ0) is 17.2. The van der Waals surface area contributed by atoms with Crippen LogP contribution in [0.3, 0.4) is 0 Å². The van der Waals surface area contributed by atoms with Crippen LogP contribution in [0, 0.1) is 13.8 Å². The summed E-state index contributed by atoms with van der Waals surface area (Å²) >= 11 is 0. The van der Waals surface area contributed by atoms with Crippen LogP contribution in [-0.2, 0) is 23.2 Å². The van der Waals surface area contributed by atoms with Crippen molar-refractivity contribution in [1.29, 1.82) is 0 Å². The number of sulfonamides is 1. The Bertz CT molecular complexity index is 814. The number of aliphatic hydroxyl groups is 1. The molecule has 0 fully saturated rings. The second-order valence-corrected chi connectivity index (χ2v) is 7.40. The third-order valence-corrected chi connectivity index (χ3v) is 4.79. The number of imidazole rings is 1. The van der Waals surface area contributed by atoms with Gasteiger partial charge < -0.3 is 15.4 Å². The number of aliphatic hydroxyl groups excluding tert-OH is 1. The van der Waals surface area contributed by atoms with Crippen molar-refractivity contribution in [2.75, 3.05) is 11.5 Å². The zero-order valence-corrected chi connectivity index (χ0v) is 14.2. The van der Waals surface area contributed by atoms with E-state index in [2.05, 4.69) is 9.97 Å². The summed E-state index contributed by atoms with van der Waals surface area (Å²) in [6, 6.07) is 0. The normalized spacial score (nSPS) is 12.2. The number of nitrogens with two attached hydrogens (primary N) is 2. The second-order valence-electron chi connectivity index (χ2n) is 5.67. The fourth-order valence-corrected chi connectivity index (χ4v) is 3.26. The number of unbranched alkanes of at least 4 members (excludes halogenated alkanes) is 2. The highest BCUT2D eigenvalue weighted by Gasteiger charge is 2.16. The Balaban J connectivity index is 2.22. The quantitative estimate of drug-likeness (QED) is 0.630. The Labute approximate surface area is 135 Å². The minimum atomic E-state index is -3.41. The Hall–Kier alpha value is -1.71. The first-order valence-corrected chi connectivity index (χ1v) is 9.19. The number of nitrogens with zero attached hydrogens (tertiary/aromatic N) is 3. The van der Waals surface area contributed by atoms with Crippen LogP contribution in [0.5, 0.6) is 0 Å². The molecule has 0 aliphatic rings. The van der Waals surface area contributed by atoms with Crippen LogP contribution in [0.4, 0.5) is 5.82 Å². The van der Waals surface area contributed by atoms with E-state index in [1.54, 1.807) is 0 Å². The molecule has 0 aliphatic heterocycles. The van der Waals surface area contributed by atoms with Crippen molar-refractivity contribution < 1.29 is 13.5 Å². The molecule has 0 aromatic carbocycles. The van der Waals surface area contributed by atoms with Crippen LogP contribution in [-0.4, -0.2) is 33.8 Å². The number of primary sulfonamides is 1. The van der Waals surface area contributed by atoms with Gasteiger partial charge in [0.15, 0.2) is 5.82 Å². The van der Waals surface area contributed by atoms with Crippen molar-refractivity contribution in [2.45, 2.75) is 46.3 Å². The smallest absolute Gasteiger partial charge is 0.209 e. The van der Waals surface area contributed by atoms with E-state index < -0.39 is 10.0 Å². The van der Waals surface area contributed by atoms with E-state index in [9.17, 15) is 13.5 Å². The fraction of sp³-hybridized carbons (Fsp3) is 0.571. The largest absolute Gasteiger partial charge is 0.388 e. The summed E-state index contributed by atoms with van der Waals surface area (Å²) in [7, 11) is -3.41. The van der Waals surface area contributed by atoms with Gasteiger partial charge in [0.05, 0.1) is 11.3 Å². The van der Waals surface area contributed by atoms with Crippen LogP contribution in [0.2, 0.25) is 0 Å². The average molecular weight is 341 g/mol. The highest BCUT2D eigenvalue weighted by Crippen LogP contribution is 2.26. The van der Waals surface area contributed by atoms with Gasteiger partial charge in [-0.2, -0.15) is 0 Å². The monoisotopic (exact) mass is 341 g/mol. The minimum absolute atomic E-state index is 0.0143. The molecular formula is C14H23N5O3S. The summed E-state index contributed by atoms with van der Waals surface area (Å²) < 4.78 is 23.8. The number of nitrogen functional groups attached to an aromatic ring is 1. The summed E-state index contributed by atoms with van der Waals surface area (Å²) in [5.41, 5.74) is 9.22. The number of hydrogen-bond acceptors (Lipinski definition) is 6. The minimum Gasteiger partial charge on any atom is -0.388 e. The third kappa shape index (κ3) is 3.98. The molecule has 0 spiro atoms. The zero-order valence-electron chi connectivity index (χ0n) is 13.4. The highest BCUT2D eigenvalue weighted by molar-refractivity contribution is 7.89. The van der Waals surface area contributed by atoms with E-state index in [0.29, 0.717) is 30.1 Å². The number of rotatable bonds is 7. The number of pyridine rings is 1. The van der Waals surface area contributed by atoms with Gasteiger partial charge >= 0.3 is 0 Å². The van der Waals surface area contributed by atoms with Crippen LogP contribution < -0.4 is 10.9 Å². The van der Waals surface area contributed by atoms with E-state index >= 15 is 0 Å². The molecule has 0 amide bonds. The molecule has 23 heavy (non-hydrogen) atoms. The van der Waals surface area contributed by atoms with E-state index in [1.165, 1.54) is 0 Å². The second kappa shape index (κ2) is 6.81. The van der Waals surface area contributed by atoms with Gasteiger partial charge in [0, 0.05) is 12.2 Å². The van der Waals surface area contributed by atoms with Crippen LogP contribution >= 0.6 is 0 Å². The number of aryl methyl sites for hydroxylation is 3. The lowest BCUT2D eigenvalue weighted by Gasteiger charge is -2.11. The maximum Gasteiger partial charge on any atom is 0.209 e. The fourth-order valence-electron chi connectivity index (χ4n) is 2.66. The average Bonchev–Trinajstić information content (AvgIpc) is 2.82. The lowest BCUT2D eigenvalue weighted by Crippen LogP contribution is -2.16. The molecule has 0 saturated carbocycles. The van der Waals surface area contributed by atoms with Gasteiger partial charge in [-0.3, -0.25) is 0 Å². The molecule has 0 unspecified atom stereocenters. The van der Waals surface area contributed by atoms with Crippen LogP contribution in [0.25, 0.3) is 11.0 Å². The van der Waals surface area contributed by atoms with Gasteiger partial charge in [0.2, 0.25) is 10.0 Å². The van der Waals surface area contributed by atoms with Crippen LogP contribution in [0.15, 0.2) is 0 Å². The first-order chi connectivity index (χ1) is 10.7. The summed E-state index contributed by atoms with van der Waals surface area (Å²) in [6.07, 6.45) is 2.00. The van der Waals surface area contributed by atoms with Crippen molar-refractivity contribution >= 4 is 26.9 Å². The number of hydrogen-bond donors (Lipinski definition) is 3. The Kier molecular flexibility index (Phi) is 5.23. The molecule has 0 aliphatic carbocycles. The molecule has 128 valence electrons. The van der Waals surface area contributed by atoms with Crippen molar-refractivity contribution in [1.82, 2.24) is 14.5 Å². The van der Waals surface area contributed by atoms with Crippen molar-refractivity contribution in [3.8, 4) is 0 Å². The van der Waals surface area contributed by atoms with Crippen LogP contribution in [0.1, 0.15) is 36.3 Å². The highest BCUT2D eigenvalue weighted by atomic mass is 32.2. The van der Waals surface area contributed by atoms with Gasteiger partial charge in [0.1, 0.15) is 17.9 Å². The van der Waals surface area contributed by atoms with Gasteiger partial charge in [-0.25, -0.2) is 23.5 Å². The topological polar surface area (TPSA) is 137 Å². The third-order valence-electron chi connectivity index (χ3n) is 3.93. The molecule has 2 aromatic heterocycles. The van der Waals surface area contributed by atoms with Gasteiger partial charge in [-0.05, 0) is 32.3 Å². The lowest BCUT2D eigenvalue weighted by molar-refractivity contribution is 0.265. The molecule has 8 nitrogen and oxygen atoms in total. The van der Waals surface area contributed by atoms with Crippen molar-refractivity contribution in [3.63, 3.8) is 0 Å². The maximum absolute atomic E-state index is 10.9. The Morgan fingerprint density at radius 1 is 1.17 bits per heavy atom. The van der Waals surface area contributed by atoms with E-state index in [0.717, 1.165) is 29.6 Å². The van der Waals surface area contributed by atoms with Crippen molar-refractivity contribution in [2.24, 2.45) is 5.14 Å². The first-order valence-electron chi connectivity index (χ1n) is 7.47. The lowest BCUT2D eigenvalue weighted by atomic mass is 10.2. The molecular weight excluding hydrogens is 318 g/mol. The van der Waals surface area contributed by atoms with Gasteiger partial charge in [-0.1, -0.05) is 6.42 Å². The summed E-state index contributed by atoms with van der Waals surface area (Å²) in [5, 5.41) is 14.5. The molecule has 0 radical (unpaired) electrons. The Morgan fingerprint density at radius 2 is 1.87 bits per heavy atom. The molecule has 9 heteroatoms. The predicted octanol–water partition coefficient (Wildman–Crippen LogP) is 0.581. The van der Waals surface area contributed by atoms with E-state index in [4.69, 9.17) is 10.9 Å². The SMILES string of the molecule is Cc1nc(N)c2nc(CO)n(CCCCCS(N)(=O)=O)c2c1C. The number of aromatic nitrogens is 3. The molecule has 0 bridgehead atoms. The standard InChI is InChI=1S/C14H23N5O3S/c1-9-10(2)17-14(15)12-13(9)19(11(8-20)18-12)6-4-3-5-7-23(16,21)22/h20H,3-8H2,1-2H3,(H2,15,17)(H2,16,21,22). The predicted molar refractivity (Wildman–Crippen MR) is 89.2 cm³/mol. The molecule has 2 rings (SSSR count). The van der Waals surface area contributed by atoms with E-state index in [1.807, 2.05) is 18.4 Å². The Morgan fingerprint density at radius 3 is 2.48 bits per heavy atom. The maximum atomic E-state index is 10.9. The van der Waals surface area contributed by atoms with Gasteiger partial charge in [-0.15, -0.1) is 0 Å². The van der Waals surface area contributed by atoms with Crippen molar-refractivity contribution in [3.05, 3.63) is 17.1 Å². The van der Waals surface area contributed by atoms with E-state index in [-0.39, 0.29) is 12.4 Å². The molecule has 2 aromatic rings. The molecule has 0 saturated heterocycles.